The molecule has 0 fully saturated rings. The van der Waals surface area contributed by atoms with Crippen LogP contribution in [0.3, 0.4) is 0 Å². The topological polar surface area (TPSA) is 106 Å². The maximum absolute atomic E-state index is 12.4. The largest absolute Gasteiger partial charge is 0.459 e. The van der Waals surface area contributed by atoms with Crippen LogP contribution >= 0.6 is 0 Å². The number of furan rings is 1. The van der Waals surface area contributed by atoms with Gasteiger partial charge in [-0.1, -0.05) is 30.3 Å². The molecule has 0 aliphatic rings. The van der Waals surface area contributed by atoms with Crippen LogP contribution in [0.1, 0.15) is 29.0 Å². The molecule has 0 spiro atoms. The van der Waals surface area contributed by atoms with E-state index in [1.807, 2.05) is 30.3 Å². The van der Waals surface area contributed by atoms with E-state index in [0.29, 0.717) is 6.54 Å². The minimum atomic E-state index is -0.461. The molecular formula is C18H21N3O4. The molecule has 0 atom stereocenters. The lowest BCUT2D eigenvalue weighted by atomic mass is 10.2. The number of nitrogens with two attached hydrogens (primary N) is 1. The van der Waals surface area contributed by atoms with E-state index in [4.69, 9.17) is 10.2 Å². The summed E-state index contributed by atoms with van der Waals surface area (Å²) in [4.78, 5) is 36.8. The first kappa shape index (κ1) is 18.3. The Hall–Kier alpha value is -3.09. The fourth-order valence-corrected chi connectivity index (χ4v) is 2.28. The highest BCUT2D eigenvalue weighted by atomic mass is 16.3. The van der Waals surface area contributed by atoms with Gasteiger partial charge in [0.25, 0.3) is 5.91 Å². The van der Waals surface area contributed by atoms with Crippen LogP contribution in [0.2, 0.25) is 0 Å². The van der Waals surface area contributed by atoms with E-state index in [2.05, 4.69) is 5.32 Å². The summed E-state index contributed by atoms with van der Waals surface area (Å²) < 4.78 is 4.99. The third kappa shape index (κ3) is 6.14. The second kappa shape index (κ2) is 9.27. The van der Waals surface area contributed by atoms with Crippen molar-refractivity contribution >= 4 is 17.7 Å². The van der Waals surface area contributed by atoms with Crippen LogP contribution in [0.15, 0.2) is 53.1 Å². The van der Waals surface area contributed by atoms with E-state index in [1.54, 1.807) is 17.0 Å². The molecular weight excluding hydrogens is 322 g/mol. The third-order valence-electron chi connectivity index (χ3n) is 3.57. The van der Waals surface area contributed by atoms with E-state index in [9.17, 15) is 14.4 Å². The quantitative estimate of drug-likeness (QED) is 0.716. The van der Waals surface area contributed by atoms with Gasteiger partial charge in [-0.2, -0.15) is 0 Å². The number of primary amides is 1. The van der Waals surface area contributed by atoms with Crippen molar-refractivity contribution in [1.29, 1.82) is 0 Å². The highest BCUT2D eigenvalue weighted by molar-refractivity contribution is 5.91. The van der Waals surface area contributed by atoms with Gasteiger partial charge < -0.3 is 20.4 Å². The van der Waals surface area contributed by atoms with Crippen molar-refractivity contribution in [1.82, 2.24) is 10.2 Å². The molecule has 132 valence electrons. The fraction of sp³-hybridized carbons (Fsp3) is 0.278. The number of amides is 3. The van der Waals surface area contributed by atoms with Gasteiger partial charge in [0.15, 0.2) is 5.76 Å². The molecule has 3 amide bonds. The number of benzene rings is 1. The van der Waals surface area contributed by atoms with Crippen molar-refractivity contribution in [2.45, 2.75) is 19.4 Å². The van der Waals surface area contributed by atoms with Gasteiger partial charge in [0.2, 0.25) is 11.8 Å². The molecule has 0 aliphatic heterocycles. The van der Waals surface area contributed by atoms with E-state index < -0.39 is 5.91 Å². The Labute approximate surface area is 145 Å². The first-order valence-electron chi connectivity index (χ1n) is 7.98. The van der Waals surface area contributed by atoms with Gasteiger partial charge >= 0.3 is 0 Å². The lowest BCUT2D eigenvalue weighted by molar-refractivity contribution is -0.132. The van der Waals surface area contributed by atoms with Gasteiger partial charge in [-0.3, -0.25) is 14.4 Å². The highest BCUT2D eigenvalue weighted by Crippen LogP contribution is 2.07. The zero-order chi connectivity index (χ0) is 18.1. The maximum atomic E-state index is 12.4. The molecule has 3 N–H and O–H groups in total. The molecule has 1 aromatic carbocycles. The summed E-state index contributed by atoms with van der Waals surface area (Å²) in [6, 6.07) is 12.6. The van der Waals surface area contributed by atoms with Crippen LogP contribution in [0.5, 0.6) is 0 Å². The summed E-state index contributed by atoms with van der Waals surface area (Å²) in [5.41, 5.74) is 6.14. The first-order chi connectivity index (χ1) is 12.1. The van der Waals surface area contributed by atoms with Crippen LogP contribution in [-0.2, 0) is 16.1 Å². The molecule has 25 heavy (non-hydrogen) atoms. The van der Waals surface area contributed by atoms with Gasteiger partial charge in [-0.25, -0.2) is 0 Å². The van der Waals surface area contributed by atoms with Crippen molar-refractivity contribution < 1.29 is 18.8 Å². The van der Waals surface area contributed by atoms with Crippen LogP contribution in [-0.4, -0.2) is 35.7 Å². The van der Waals surface area contributed by atoms with Gasteiger partial charge in [-0.15, -0.1) is 0 Å². The molecule has 0 saturated carbocycles. The normalized spacial score (nSPS) is 10.2. The lowest BCUT2D eigenvalue weighted by Crippen LogP contribution is -2.36. The highest BCUT2D eigenvalue weighted by Gasteiger charge is 2.16. The molecule has 7 nitrogen and oxygen atoms in total. The lowest BCUT2D eigenvalue weighted by Gasteiger charge is -2.22. The zero-order valence-corrected chi connectivity index (χ0v) is 13.8. The van der Waals surface area contributed by atoms with E-state index >= 15 is 0 Å². The van der Waals surface area contributed by atoms with Crippen molar-refractivity contribution in [3.63, 3.8) is 0 Å². The smallest absolute Gasteiger partial charge is 0.286 e. The third-order valence-corrected chi connectivity index (χ3v) is 3.57. The van der Waals surface area contributed by atoms with Crippen molar-refractivity contribution in [3.05, 3.63) is 60.1 Å². The van der Waals surface area contributed by atoms with Crippen molar-refractivity contribution in [2.75, 3.05) is 13.1 Å². The molecule has 2 rings (SSSR count). The second-order valence-electron chi connectivity index (χ2n) is 5.50. The average Bonchev–Trinajstić information content (AvgIpc) is 3.13. The minimum absolute atomic E-state index is 0.0946. The van der Waals surface area contributed by atoms with E-state index in [1.165, 1.54) is 6.26 Å². The van der Waals surface area contributed by atoms with Gasteiger partial charge in [0.05, 0.1) is 6.26 Å². The van der Waals surface area contributed by atoms with Gasteiger partial charge in [0.1, 0.15) is 0 Å². The maximum Gasteiger partial charge on any atom is 0.286 e. The van der Waals surface area contributed by atoms with Crippen molar-refractivity contribution in [3.8, 4) is 0 Å². The average molecular weight is 343 g/mol. The predicted molar refractivity (Wildman–Crippen MR) is 91.3 cm³/mol. The summed E-state index contributed by atoms with van der Waals surface area (Å²) in [5, 5.41) is 2.63. The van der Waals surface area contributed by atoms with Crippen LogP contribution < -0.4 is 11.1 Å². The van der Waals surface area contributed by atoms with Crippen molar-refractivity contribution in [2.24, 2.45) is 5.73 Å². The number of nitrogens with zero attached hydrogens (tertiary/aromatic N) is 1. The van der Waals surface area contributed by atoms with Crippen LogP contribution in [0.4, 0.5) is 0 Å². The molecule has 0 aliphatic carbocycles. The Morgan fingerprint density at radius 1 is 1.04 bits per heavy atom. The number of nitrogens with one attached hydrogen (secondary N) is 1. The number of carbonyl (C=O) groups excluding carboxylic acids is 3. The van der Waals surface area contributed by atoms with E-state index in [-0.39, 0.29) is 43.5 Å². The second-order valence-corrected chi connectivity index (χ2v) is 5.50. The summed E-state index contributed by atoms with van der Waals surface area (Å²) in [5.74, 6) is -0.798. The minimum Gasteiger partial charge on any atom is -0.459 e. The van der Waals surface area contributed by atoms with E-state index in [0.717, 1.165) is 5.56 Å². The molecule has 0 radical (unpaired) electrons. The SMILES string of the molecule is NC(=O)CCN(Cc1ccccc1)C(=O)CCNC(=O)c1ccco1. The van der Waals surface area contributed by atoms with Gasteiger partial charge in [0, 0.05) is 32.5 Å². The Morgan fingerprint density at radius 3 is 2.44 bits per heavy atom. The molecule has 0 bridgehead atoms. The molecule has 1 heterocycles. The van der Waals surface area contributed by atoms with Crippen LogP contribution in [0, 0.1) is 0 Å². The Morgan fingerprint density at radius 2 is 1.80 bits per heavy atom. The summed E-state index contributed by atoms with van der Waals surface area (Å²) in [6.07, 6.45) is 1.63. The number of rotatable bonds is 9. The molecule has 0 saturated heterocycles. The molecule has 0 unspecified atom stereocenters. The van der Waals surface area contributed by atoms with Gasteiger partial charge in [-0.05, 0) is 17.7 Å². The fourth-order valence-electron chi connectivity index (χ4n) is 2.28. The number of carbonyl (C=O) groups is 3. The summed E-state index contributed by atoms with van der Waals surface area (Å²) in [6.45, 7) is 0.814. The summed E-state index contributed by atoms with van der Waals surface area (Å²) >= 11 is 0. The molecule has 1 aromatic heterocycles. The molecule has 2 aromatic rings. The zero-order valence-electron chi connectivity index (χ0n) is 13.8. The number of hydrogen-bond donors (Lipinski definition) is 2. The standard InChI is InChI=1S/C18H21N3O4/c19-16(22)9-11-21(13-14-5-2-1-3-6-14)17(23)8-10-20-18(24)15-7-4-12-25-15/h1-7,12H,8-11,13H2,(H2,19,22)(H,20,24). The monoisotopic (exact) mass is 343 g/mol. The molecule has 7 heteroatoms. The Bertz CT molecular complexity index is 698. The summed E-state index contributed by atoms with van der Waals surface area (Å²) in [7, 11) is 0. The van der Waals surface area contributed by atoms with Crippen LogP contribution in [0.25, 0.3) is 0 Å². The Balaban J connectivity index is 1.87. The predicted octanol–water partition coefficient (Wildman–Crippen LogP) is 1.30. The number of hydrogen-bond acceptors (Lipinski definition) is 4. The first-order valence-corrected chi connectivity index (χ1v) is 7.98. The Kier molecular flexibility index (Phi) is 6.76.